The van der Waals surface area contributed by atoms with Crippen LogP contribution in [0.5, 0.6) is 5.75 Å². The van der Waals surface area contributed by atoms with Crippen LogP contribution in [0.4, 0.5) is 4.39 Å². The van der Waals surface area contributed by atoms with Gasteiger partial charge in [-0.3, -0.25) is 4.98 Å². The first-order chi connectivity index (χ1) is 9.60. The van der Waals surface area contributed by atoms with E-state index >= 15 is 0 Å². The number of nitrogens with zero attached hydrogens (tertiary/aromatic N) is 1. The van der Waals surface area contributed by atoms with Gasteiger partial charge >= 0.3 is 5.97 Å². The van der Waals surface area contributed by atoms with Crippen LogP contribution in [-0.4, -0.2) is 18.1 Å². The summed E-state index contributed by atoms with van der Waals surface area (Å²) in [5.41, 5.74) is 1.90. The Morgan fingerprint density at radius 3 is 3.00 bits per heavy atom. The first kappa shape index (κ1) is 13.1. The number of ether oxygens (including phenoxy) is 2. The van der Waals surface area contributed by atoms with Gasteiger partial charge in [0.2, 0.25) is 0 Å². The van der Waals surface area contributed by atoms with Crippen molar-refractivity contribution in [2.45, 2.75) is 6.61 Å². The lowest BCUT2D eigenvalue weighted by Gasteiger charge is -2.20. The average molecular weight is 338 g/mol. The molecule has 3 rings (SSSR count). The van der Waals surface area contributed by atoms with E-state index in [9.17, 15) is 9.18 Å². The maximum absolute atomic E-state index is 14.0. The van der Waals surface area contributed by atoms with Crippen molar-refractivity contribution < 1.29 is 18.7 Å². The van der Waals surface area contributed by atoms with E-state index in [1.165, 1.54) is 19.2 Å². The second kappa shape index (κ2) is 4.86. The Kier molecular flexibility index (Phi) is 3.17. The number of halogens is 2. The molecule has 1 aromatic heterocycles. The van der Waals surface area contributed by atoms with Crippen LogP contribution in [0.1, 0.15) is 15.9 Å². The lowest BCUT2D eigenvalue weighted by Crippen LogP contribution is -2.11. The number of hydrogen-bond acceptors (Lipinski definition) is 4. The Labute approximate surface area is 122 Å². The highest BCUT2D eigenvalue weighted by Crippen LogP contribution is 2.38. The van der Waals surface area contributed by atoms with E-state index in [1.807, 2.05) is 6.07 Å². The summed E-state index contributed by atoms with van der Waals surface area (Å²) < 4.78 is 24.9. The van der Waals surface area contributed by atoms with Gasteiger partial charge in [0.25, 0.3) is 0 Å². The summed E-state index contributed by atoms with van der Waals surface area (Å²) in [5, 5.41) is 0. The van der Waals surface area contributed by atoms with Crippen LogP contribution < -0.4 is 4.74 Å². The van der Waals surface area contributed by atoms with E-state index in [-0.39, 0.29) is 5.56 Å². The number of methoxy groups -OCH3 is 1. The summed E-state index contributed by atoms with van der Waals surface area (Å²) >= 11 is 3.33. The van der Waals surface area contributed by atoms with Gasteiger partial charge in [0.05, 0.1) is 18.4 Å². The number of carbonyl (C=O) groups excluding carboxylic acids is 1. The normalized spacial score (nSPS) is 12.2. The van der Waals surface area contributed by atoms with Crippen molar-refractivity contribution in [1.82, 2.24) is 4.98 Å². The maximum Gasteiger partial charge on any atom is 0.340 e. The molecule has 0 fully saturated rings. The molecule has 0 spiro atoms. The lowest BCUT2D eigenvalue weighted by molar-refractivity contribution is 0.0595. The highest BCUT2D eigenvalue weighted by atomic mass is 79.9. The minimum atomic E-state index is -0.733. The third-order valence-corrected chi connectivity index (χ3v) is 3.48. The molecule has 2 aromatic rings. The van der Waals surface area contributed by atoms with E-state index in [0.717, 1.165) is 10.0 Å². The third-order valence-electron chi connectivity index (χ3n) is 3.05. The summed E-state index contributed by atoms with van der Waals surface area (Å²) in [4.78, 5) is 15.8. The molecule has 6 heteroatoms. The number of aromatic nitrogens is 1. The maximum atomic E-state index is 14.0. The zero-order valence-corrected chi connectivity index (χ0v) is 12.0. The Morgan fingerprint density at radius 2 is 2.25 bits per heavy atom. The smallest absolute Gasteiger partial charge is 0.340 e. The molecule has 1 aromatic carbocycles. The highest BCUT2D eigenvalue weighted by Gasteiger charge is 2.23. The molecule has 0 N–H and O–H groups in total. The topological polar surface area (TPSA) is 48.4 Å². The molecule has 0 bridgehead atoms. The van der Waals surface area contributed by atoms with Gasteiger partial charge in [-0.15, -0.1) is 0 Å². The Morgan fingerprint density at radius 1 is 1.45 bits per heavy atom. The molecule has 0 aliphatic carbocycles. The molecular weight excluding hydrogens is 329 g/mol. The zero-order chi connectivity index (χ0) is 14.3. The molecule has 0 unspecified atom stereocenters. The van der Waals surface area contributed by atoms with E-state index in [0.29, 0.717) is 23.6 Å². The number of rotatable bonds is 1. The molecule has 0 amide bonds. The number of pyridine rings is 1. The fraction of sp³-hybridized carbons (Fsp3) is 0.143. The van der Waals surface area contributed by atoms with E-state index in [4.69, 9.17) is 4.74 Å². The van der Waals surface area contributed by atoms with Crippen molar-refractivity contribution >= 4 is 21.9 Å². The van der Waals surface area contributed by atoms with Crippen LogP contribution >= 0.6 is 15.9 Å². The van der Waals surface area contributed by atoms with Crippen molar-refractivity contribution in [2.24, 2.45) is 0 Å². The first-order valence-electron chi connectivity index (χ1n) is 5.79. The van der Waals surface area contributed by atoms with Crippen LogP contribution in [0.15, 0.2) is 28.9 Å². The minimum absolute atomic E-state index is 0.146. The van der Waals surface area contributed by atoms with Gasteiger partial charge in [-0.2, -0.15) is 0 Å². The summed E-state index contributed by atoms with van der Waals surface area (Å²) in [6.45, 7) is 0.320. The second-order valence-corrected chi connectivity index (χ2v) is 5.19. The van der Waals surface area contributed by atoms with Crippen molar-refractivity contribution in [3.8, 4) is 17.0 Å². The van der Waals surface area contributed by atoms with E-state index in [2.05, 4.69) is 25.7 Å². The molecule has 1 aliphatic rings. The fourth-order valence-corrected chi connectivity index (χ4v) is 2.49. The van der Waals surface area contributed by atoms with Crippen LogP contribution in [0, 0.1) is 5.82 Å². The molecule has 2 heterocycles. The summed E-state index contributed by atoms with van der Waals surface area (Å²) in [5.74, 6) is -0.964. The predicted octanol–water partition coefficient (Wildman–Crippen LogP) is 3.33. The molecule has 0 saturated heterocycles. The van der Waals surface area contributed by atoms with Gasteiger partial charge in [0.15, 0.2) is 0 Å². The predicted molar refractivity (Wildman–Crippen MR) is 73.0 cm³/mol. The molecule has 0 saturated carbocycles. The third kappa shape index (κ3) is 2.06. The Bertz CT molecular complexity index is 718. The van der Waals surface area contributed by atoms with Gasteiger partial charge in [-0.05, 0) is 34.1 Å². The Balaban J connectivity index is 2.17. The van der Waals surface area contributed by atoms with Crippen molar-refractivity contribution in [2.75, 3.05) is 7.11 Å². The number of benzene rings is 1. The number of esters is 1. The van der Waals surface area contributed by atoms with Gasteiger partial charge in [0, 0.05) is 21.8 Å². The Hall–Kier alpha value is -1.95. The summed E-state index contributed by atoms with van der Waals surface area (Å²) in [6.07, 6.45) is 1.64. The van der Waals surface area contributed by atoms with Crippen LogP contribution in [0.2, 0.25) is 0 Å². The molecule has 102 valence electrons. The fourth-order valence-electron chi connectivity index (χ4n) is 2.11. The van der Waals surface area contributed by atoms with E-state index in [1.54, 1.807) is 6.20 Å². The van der Waals surface area contributed by atoms with Crippen molar-refractivity contribution in [1.29, 1.82) is 0 Å². The molecule has 4 nitrogen and oxygen atoms in total. The SMILES string of the molecule is COC(=O)c1cc2c(cc1F)-c1ncc(Br)cc1CO2. The molecular formula is C14H9BrFNO3. The van der Waals surface area contributed by atoms with Gasteiger partial charge in [-0.1, -0.05) is 0 Å². The molecule has 0 radical (unpaired) electrons. The van der Waals surface area contributed by atoms with E-state index < -0.39 is 11.8 Å². The van der Waals surface area contributed by atoms with Crippen LogP contribution in [0.3, 0.4) is 0 Å². The largest absolute Gasteiger partial charge is 0.488 e. The number of hydrogen-bond donors (Lipinski definition) is 0. The number of fused-ring (bicyclic) bond motifs is 3. The van der Waals surface area contributed by atoms with Gasteiger partial charge in [-0.25, -0.2) is 9.18 Å². The van der Waals surface area contributed by atoms with Crippen LogP contribution in [0.25, 0.3) is 11.3 Å². The number of carbonyl (C=O) groups is 1. The summed E-state index contributed by atoms with van der Waals surface area (Å²) in [6, 6.07) is 4.47. The van der Waals surface area contributed by atoms with Crippen molar-refractivity contribution in [3.63, 3.8) is 0 Å². The quantitative estimate of drug-likeness (QED) is 0.749. The minimum Gasteiger partial charge on any atom is -0.488 e. The molecule has 0 atom stereocenters. The standard InChI is InChI=1S/C14H9BrFNO3/c1-19-14(18)9-4-12-10(3-11(9)16)13-7(6-20-12)2-8(15)5-17-13/h2-5H,6H2,1H3. The van der Waals surface area contributed by atoms with Gasteiger partial charge < -0.3 is 9.47 Å². The summed E-state index contributed by atoms with van der Waals surface area (Å²) in [7, 11) is 1.20. The average Bonchev–Trinajstić information content (AvgIpc) is 2.45. The van der Waals surface area contributed by atoms with Crippen LogP contribution in [-0.2, 0) is 11.3 Å². The first-order valence-corrected chi connectivity index (χ1v) is 6.59. The molecule has 20 heavy (non-hydrogen) atoms. The lowest BCUT2D eigenvalue weighted by atomic mass is 10.0. The monoisotopic (exact) mass is 337 g/mol. The molecule has 1 aliphatic heterocycles. The highest BCUT2D eigenvalue weighted by molar-refractivity contribution is 9.10. The second-order valence-electron chi connectivity index (χ2n) is 4.27. The van der Waals surface area contributed by atoms with Crippen molar-refractivity contribution in [3.05, 3.63) is 45.8 Å². The van der Waals surface area contributed by atoms with Gasteiger partial charge in [0.1, 0.15) is 18.2 Å². The zero-order valence-electron chi connectivity index (χ0n) is 10.4.